The third-order valence-electron chi connectivity index (χ3n) is 3.66. The lowest BCUT2D eigenvalue weighted by Gasteiger charge is -2.37. The third-order valence-corrected chi connectivity index (χ3v) is 4.95. The van der Waals surface area contributed by atoms with Crippen molar-refractivity contribution in [2.24, 2.45) is 0 Å². The van der Waals surface area contributed by atoms with Gasteiger partial charge < -0.3 is 9.73 Å². The second kappa shape index (κ2) is 6.54. The van der Waals surface area contributed by atoms with Crippen LogP contribution in [-0.2, 0) is 13.1 Å². The van der Waals surface area contributed by atoms with Gasteiger partial charge in [0.15, 0.2) is 0 Å². The van der Waals surface area contributed by atoms with E-state index >= 15 is 0 Å². The summed E-state index contributed by atoms with van der Waals surface area (Å²) in [5.74, 6) is 3.37. The number of aryl methyl sites for hydroxylation is 1. The molecule has 0 unspecified atom stereocenters. The zero-order chi connectivity index (χ0) is 14.8. The van der Waals surface area contributed by atoms with Crippen LogP contribution in [0.15, 0.2) is 10.5 Å². The summed E-state index contributed by atoms with van der Waals surface area (Å²) in [6.45, 7) is 15.2. The van der Waals surface area contributed by atoms with Crippen LogP contribution in [0.4, 0.5) is 0 Å². The van der Waals surface area contributed by atoms with Gasteiger partial charge in [-0.1, -0.05) is 13.8 Å². The molecule has 1 N–H and O–H groups in total. The zero-order valence-corrected chi connectivity index (χ0v) is 14.3. The molecule has 4 heteroatoms. The molecule has 2 heterocycles. The molecule has 0 aromatic carbocycles. The van der Waals surface area contributed by atoms with Gasteiger partial charge in [0, 0.05) is 41.7 Å². The quantitative estimate of drug-likeness (QED) is 0.901. The van der Waals surface area contributed by atoms with E-state index in [0.717, 1.165) is 37.7 Å². The Balaban J connectivity index is 1.94. The number of nitrogens with zero attached hydrogens (tertiary/aromatic N) is 1. The highest BCUT2D eigenvalue weighted by atomic mass is 32.2. The molecule has 0 aliphatic carbocycles. The summed E-state index contributed by atoms with van der Waals surface area (Å²) in [5.41, 5.74) is 1.29. The van der Waals surface area contributed by atoms with Crippen LogP contribution in [0.3, 0.4) is 0 Å². The van der Waals surface area contributed by atoms with Crippen LogP contribution in [0, 0.1) is 6.92 Å². The van der Waals surface area contributed by atoms with Gasteiger partial charge in [0.2, 0.25) is 0 Å². The van der Waals surface area contributed by atoms with Crippen LogP contribution in [0.5, 0.6) is 0 Å². The van der Waals surface area contributed by atoms with Crippen molar-refractivity contribution in [3.8, 4) is 0 Å². The molecule has 114 valence electrons. The average molecular weight is 296 g/mol. The van der Waals surface area contributed by atoms with Gasteiger partial charge in [-0.2, -0.15) is 11.8 Å². The Hall–Kier alpha value is -0.450. The SMILES string of the molecule is Cc1oc(CN2CCSC(C)(C)C2)cc1CNC(C)C. The molecule has 0 radical (unpaired) electrons. The monoisotopic (exact) mass is 296 g/mol. The highest BCUT2D eigenvalue weighted by molar-refractivity contribution is 8.00. The first kappa shape index (κ1) is 15.9. The lowest BCUT2D eigenvalue weighted by molar-refractivity contribution is 0.231. The molecule has 20 heavy (non-hydrogen) atoms. The fraction of sp³-hybridized carbons (Fsp3) is 0.750. The van der Waals surface area contributed by atoms with E-state index in [9.17, 15) is 0 Å². The summed E-state index contributed by atoms with van der Waals surface area (Å²) < 4.78 is 6.29. The summed E-state index contributed by atoms with van der Waals surface area (Å²) in [7, 11) is 0. The second-order valence-corrected chi connectivity index (χ2v) is 8.45. The first-order chi connectivity index (χ1) is 9.35. The Morgan fingerprint density at radius 1 is 1.45 bits per heavy atom. The van der Waals surface area contributed by atoms with E-state index in [2.05, 4.69) is 62.7 Å². The number of rotatable bonds is 5. The first-order valence-corrected chi connectivity index (χ1v) is 8.52. The van der Waals surface area contributed by atoms with Crippen molar-refractivity contribution in [1.29, 1.82) is 0 Å². The van der Waals surface area contributed by atoms with Crippen LogP contribution in [-0.4, -0.2) is 34.5 Å². The van der Waals surface area contributed by atoms with E-state index in [1.807, 2.05) is 0 Å². The molecule has 0 spiro atoms. The van der Waals surface area contributed by atoms with Gasteiger partial charge in [0.1, 0.15) is 11.5 Å². The van der Waals surface area contributed by atoms with Crippen molar-refractivity contribution in [2.45, 2.75) is 58.5 Å². The van der Waals surface area contributed by atoms with E-state index < -0.39 is 0 Å². The smallest absolute Gasteiger partial charge is 0.118 e. The molecule has 1 fully saturated rings. The molecular weight excluding hydrogens is 268 g/mol. The van der Waals surface area contributed by atoms with Crippen molar-refractivity contribution >= 4 is 11.8 Å². The van der Waals surface area contributed by atoms with Crippen molar-refractivity contribution < 1.29 is 4.42 Å². The van der Waals surface area contributed by atoms with E-state index in [4.69, 9.17) is 4.42 Å². The summed E-state index contributed by atoms with van der Waals surface area (Å²) in [6, 6.07) is 2.73. The van der Waals surface area contributed by atoms with E-state index in [-0.39, 0.29) is 0 Å². The average Bonchev–Trinajstić information content (AvgIpc) is 2.65. The highest BCUT2D eigenvalue weighted by Gasteiger charge is 2.27. The number of thioether (sulfide) groups is 1. The molecule has 1 saturated heterocycles. The number of nitrogens with one attached hydrogen (secondary N) is 1. The molecule has 3 nitrogen and oxygen atoms in total. The lowest BCUT2D eigenvalue weighted by Crippen LogP contribution is -2.42. The fourth-order valence-corrected chi connectivity index (χ4v) is 3.80. The minimum Gasteiger partial charge on any atom is -0.465 e. The Labute approximate surface area is 127 Å². The summed E-state index contributed by atoms with van der Waals surface area (Å²) in [5, 5.41) is 3.46. The maximum Gasteiger partial charge on any atom is 0.118 e. The molecule has 0 atom stereocenters. The van der Waals surface area contributed by atoms with Crippen molar-refractivity contribution in [2.75, 3.05) is 18.8 Å². The largest absolute Gasteiger partial charge is 0.465 e. The van der Waals surface area contributed by atoms with Crippen LogP contribution in [0.2, 0.25) is 0 Å². The first-order valence-electron chi connectivity index (χ1n) is 7.53. The zero-order valence-electron chi connectivity index (χ0n) is 13.5. The van der Waals surface area contributed by atoms with Gasteiger partial charge in [-0.25, -0.2) is 0 Å². The van der Waals surface area contributed by atoms with E-state index in [0.29, 0.717) is 10.8 Å². The van der Waals surface area contributed by atoms with Crippen molar-refractivity contribution in [1.82, 2.24) is 10.2 Å². The number of furan rings is 1. The minimum absolute atomic E-state index is 0.363. The Morgan fingerprint density at radius 3 is 2.85 bits per heavy atom. The number of hydrogen-bond donors (Lipinski definition) is 1. The van der Waals surface area contributed by atoms with Gasteiger partial charge in [-0.15, -0.1) is 0 Å². The normalized spacial score (nSPS) is 19.7. The molecule has 1 aromatic rings. The van der Waals surface area contributed by atoms with Crippen LogP contribution in [0.1, 0.15) is 44.8 Å². The van der Waals surface area contributed by atoms with Gasteiger partial charge in [-0.05, 0) is 26.8 Å². The third kappa shape index (κ3) is 4.54. The second-order valence-electron chi connectivity index (χ2n) is 6.65. The predicted octanol–water partition coefficient (Wildman–Crippen LogP) is 3.41. The summed E-state index contributed by atoms with van der Waals surface area (Å²) in [4.78, 5) is 2.51. The lowest BCUT2D eigenvalue weighted by atomic mass is 10.1. The minimum atomic E-state index is 0.363. The van der Waals surface area contributed by atoms with Crippen LogP contribution in [0.25, 0.3) is 0 Å². The summed E-state index contributed by atoms with van der Waals surface area (Å²) >= 11 is 2.07. The molecule has 1 aromatic heterocycles. The maximum atomic E-state index is 5.93. The standard InChI is InChI=1S/C16H28N2OS/c1-12(2)17-9-14-8-15(19-13(14)3)10-18-6-7-20-16(4,5)11-18/h8,12,17H,6-7,9-11H2,1-5H3. The molecule has 1 aliphatic heterocycles. The van der Waals surface area contributed by atoms with Gasteiger partial charge in [0.05, 0.1) is 6.54 Å². The van der Waals surface area contributed by atoms with E-state index in [1.165, 1.54) is 11.3 Å². The summed E-state index contributed by atoms with van der Waals surface area (Å²) in [6.07, 6.45) is 0. The Bertz CT molecular complexity index is 440. The predicted molar refractivity (Wildman–Crippen MR) is 87.2 cm³/mol. The van der Waals surface area contributed by atoms with Crippen molar-refractivity contribution in [3.05, 3.63) is 23.2 Å². The van der Waals surface area contributed by atoms with Crippen LogP contribution >= 0.6 is 11.8 Å². The topological polar surface area (TPSA) is 28.4 Å². The van der Waals surface area contributed by atoms with Crippen molar-refractivity contribution in [3.63, 3.8) is 0 Å². The number of hydrogen-bond acceptors (Lipinski definition) is 4. The molecule has 0 amide bonds. The Morgan fingerprint density at radius 2 is 2.20 bits per heavy atom. The Kier molecular flexibility index (Phi) is 5.21. The van der Waals surface area contributed by atoms with Crippen LogP contribution < -0.4 is 5.32 Å². The van der Waals surface area contributed by atoms with Gasteiger partial charge >= 0.3 is 0 Å². The molecule has 2 rings (SSSR count). The van der Waals surface area contributed by atoms with E-state index in [1.54, 1.807) is 0 Å². The maximum absolute atomic E-state index is 5.93. The molecular formula is C16H28N2OS. The van der Waals surface area contributed by atoms with Gasteiger partial charge in [0.25, 0.3) is 0 Å². The highest BCUT2D eigenvalue weighted by Crippen LogP contribution is 2.30. The molecule has 1 aliphatic rings. The fourth-order valence-electron chi connectivity index (χ4n) is 2.62. The van der Waals surface area contributed by atoms with Gasteiger partial charge in [-0.3, -0.25) is 4.90 Å². The molecule has 0 bridgehead atoms. The molecule has 0 saturated carbocycles.